The highest BCUT2D eigenvalue weighted by atomic mass is 15.2. The van der Waals surface area contributed by atoms with Crippen LogP contribution in [0.2, 0.25) is 0 Å². The van der Waals surface area contributed by atoms with Crippen molar-refractivity contribution in [1.82, 2.24) is 9.55 Å². The van der Waals surface area contributed by atoms with Gasteiger partial charge in [-0.15, -0.1) is 0 Å². The van der Waals surface area contributed by atoms with Gasteiger partial charge in [-0.1, -0.05) is 0 Å². The van der Waals surface area contributed by atoms with Crippen molar-refractivity contribution in [2.75, 3.05) is 0 Å². The molecule has 2 rings (SSSR count). The minimum atomic E-state index is 0.0301. The lowest BCUT2D eigenvalue weighted by atomic mass is 10.5. The number of imidazole rings is 1. The van der Waals surface area contributed by atoms with Crippen molar-refractivity contribution in [2.45, 2.75) is 6.17 Å². The van der Waals surface area contributed by atoms with Crippen LogP contribution in [0.4, 0.5) is 0 Å². The molecular formula is C6H6N4. The molecule has 0 aromatic carbocycles. The monoisotopic (exact) mass is 134 g/mol. The largest absolute Gasteiger partial charge is 0.310 e. The van der Waals surface area contributed by atoms with Crippen LogP contribution in [0.1, 0.15) is 6.17 Å². The Kier molecular flexibility index (Phi) is 1.10. The van der Waals surface area contributed by atoms with E-state index in [0.29, 0.717) is 0 Å². The molecule has 0 saturated carbocycles. The Morgan fingerprint density at radius 1 is 1.40 bits per heavy atom. The van der Waals surface area contributed by atoms with E-state index in [0.717, 1.165) is 0 Å². The van der Waals surface area contributed by atoms with Gasteiger partial charge in [0.25, 0.3) is 0 Å². The van der Waals surface area contributed by atoms with Gasteiger partial charge in [-0.2, -0.15) is 0 Å². The number of hydrogen-bond donors (Lipinski definition) is 0. The summed E-state index contributed by atoms with van der Waals surface area (Å²) in [5.74, 6) is 0. The van der Waals surface area contributed by atoms with Gasteiger partial charge in [0, 0.05) is 12.4 Å². The van der Waals surface area contributed by atoms with Crippen LogP contribution in [0.3, 0.4) is 0 Å². The van der Waals surface area contributed by atoms with Crippen molar-refractivity contribution in [2.24, 2.45) is 9.98 Å². The summed E-state index contributed by atoms with van der Waals surface area (Å²) in [7, 11) is 0. The quantitative estimate of drug-likeness (QED) is 0.551. The molecule has 2 heterocycles. The van der Waals surface area contributed by atoms with Crippen LogP contribution in [-0.4, -0.2) is 22.1 Å². The molecule has 0 spiro atoms. The molecule has 0 saturated heterocycles. The van der Waals surface area contributed by atoms with Gasteiger partial charge < -0.3 is 4.57 Å². The highest BCUT2D eigenvalue weighted by Gasteiger charge is 2.05. The first-order chi connectivity index (χ1) is 4.97. The molecule has 1 aliphatic rings. The molecule has 1 aromatic heterocycles. The fraction of sp³-hybridized carbons (Fsp3) is 0.167. The van der Waals surface area contributed by atoms with Gasteiger partial charge in [-0.25, -0.2) is 15.0 Å². The van der Waals surface area contributed by atoms with Crippen LogP contribution in [0.15, 0.2) is 28.7 Å². The average Bonchev–Trinajstić information content (AvgIpc) is 2.59. The number of aliphatic imine (C=N–C) groups is 2. The highest BCUT2D eigenvalue weighted by Crippen LogP contribution is 2.06. The van der Waals surface area contributed by atoms with Gasteiger partial charge in [0.15, 0.2) is 6.17 Å². The summed E-state index contributed by atoms with van der Waals surface area (Å²) in [6.07, 6.45) is 8.65. The van der Waals surface area contributed by atoms with E-state index in [1.54, 1.807) is 25.1 Å². The predicted octanol–water partition coefficient (Wildman–Crippen LogP) is 0.494. The Morgan fingerprint density at radius 2 is 2.40 bits per heavy atom. The van der Waals surface area contributed by atoms with E-state index in [4.69, 9.17) is 0 Å². The van der Waals surface area contributed by atoms with E-state index in [1.165, 1.54) is 0 Å². The molecule has 0 radical (unpaired) electrons. The first-order valence-corrected chi connectivity index (χ1v) is 2.99. The van der Waals surface area contributed by atoms with E-state index in [-0.39, 0.29) is 6.17 Å². The second-order valence-electron chi connectivity index (χ2n) is 1.99. The van der Waals surface area contributed by atoms with Crippen molar-refractivity contribution in [1.29, 1.82) is 0 Å². The van der Waals surface area contributed by atoms with E-state index in [2.05, 4.69) is 15.0 Å². The van der Waals surface area contributed by atoms with Crippen LogP contribution in [0, 0.1) is 0 Å². The molecule has 0 aliphatic carbocycles. The molecule has 0 bridgehead atoms. The third-order valence-corrected chi connectivity index (χ3v) is 1.34. The maximum atomic E-state index is 4.05. The summed E-state index contributed by atoms with van der Waals surface area (Å²) in [6.45, 7) is 0. The van der Waals surface area contributed by atoms with E-state index >= 15 is 0 Å². The summed E-state index contributed by atoms with van der Waals surface area (Å²) in [5, 5.41) is 0. The second kappa shape index (κ2) is 2.06. The Labute approximate surface area is 57.9 Å². The fourth-order valence-corrected chi connectivity index (χ4v) is 0.841. The average molecular weight is 134 g/mol. The van der Waals surface area contributed by atoms with Crippen molar-refractivity contribution < 1.29 is 0 Å². The Balaban J connectivity index is 2.29. The molecule has 0 N–H and O–H groups in total. The first-order valence-electron chi connectivity index (χ1n) is 2.99. The van der Waals surface area contributed by atoms with Crippen molar-refractivity contribution >= 4 is 12.6 Å². The molecule has 0 fully saturated rings. The lowest BCUT2D eigenvalue weighted by Crippen LogP contribution is -2.01. The summed E-state index contributed by atoms with van der Waals surface area (Å²) >= 11 is 0. The highest BCUT2D eigenvalue weighted by molar-refractivity contribution is 5.80. The number of hydrogen-bond acceptors (Lipinski definition) is 3. The smallest absolute Gasteiger partial charge is 0.163 e. The predicted molar refractivity (Wildman–Crippen MR) is 38.2 cm³/mol. The Bertz CT molecular complexity index is 247. The third kappa shape index (κ3) is 0.737. The number of aromatic nitrogens is 2. The molecule has 1 aromatic rings. The van der Waals surface area contributed by atoms with E-state index in [1.807, 2.05) is 10.8 Å². The summed E-state index contributed by atoms with van der Waals surface area (Å²) < 4.78 is 1.88. The van der Waals surface area contributed by atoms with Gasteiger partial charge in [0.05, 0.1) is 12.5 Å². The summed E-state index contributed by atoms with van der Waals surface area (Å²) in [6, 6.07) is 0. The van der Waals surface area contributed by atoms with Crippen LogP contribution >= 0.6 is 0 Å². The van der Waals surface area contributed by atoms with Gasteiger partial charge in [0.2, 0.25) is 0 Å². The second-order valence-corrected chi connectivity index (χ2v) is 1.99. The Hall–Kier alpha value is -1.45. The minimum Gasteiger partial charge on any atom is -0.310 e. The third-order valence-electron chi connectivity index (χ3n) is 1.34. The molecule has 1 aliphatic heterocycles. The molecule has 4 nitrogen and oxygen atoms in total. The molecular weight excluding hydrogens is 128 g/mol. The number of nitrogens with zero attached hydrogens (tertiary/aromatic N) is 4. The lowest BCUT2D eigenvalue weighted by Gasteiger charge is -2.01. The van der Waals surface area contributed by atoms with Gasteiger partial charge in [-0.3, -0.25) is 0 Å². The Morgan fingerprint density at radius 3 is 3.00 bits per heavy atom. The number of rotatable bonds is 1. The zero-order valence-corrected chi connectivity index (χ0v) is 5.25. The lowest BCUT2D eigenvalue weighted by molar-refractivity contribution is 0.690. The summed E-state index contributed by atoms with van der Waals surface area (Å²) in [4.78, 5) is 11.8. The molecule has 0 amide bonds. The van der Waals surface area contributed by atoms with Crippen LogP contribution in [-0.2, 0) is 0 Å². The molecule has 10 heavy (non-hydrogen) atoms. The molecule has 1 atom stereocenters. The molecule has 1 unspecified atom stereocenters. The van der Waals surface area contributed by atoms with E-state index in [9.17, 15) is 0 Å². The van der Waals surface area contributed by atoms with Gasteiger partial charge >= 0.3 is 0 Å². The molecule has 50 valence electrons. The normalized spacial score (nSPS) is 22.2. The zero-order valence-electron chi connectivity index (χ0n) is 5.25. The van der Waals surface area contributed by atoms with Crippen molar-refractivity contribution in [3.05, 3.63) is 18.7 Å². The standard InChI is InChI=1S/C6H6N4/c1-2-10(5-7-1)6-3-8-4-9-6/h1-6H. The van der Waals surface area contributed by atoms with Gasteiger partial charge in [0.1, 0.15) is 6.34 Å². The van der Waals surface area contributed by atoms with Gasteiger partial charge in [-0.05, 0) is 0 Å². The summed E-state index contributed by atoms with van der Waals surface area (Å²) in [5.41, 5.74) is 0. The van der Waals surface area contributed by atoms with Crippen molar-refractivity contribution in [3.63, 3.8) is 0 Å². The maximum Gasteiger partial charge on any atom is 0.163 e. The zero-order chi connectivity index (χ0) is 6.81. The van der Waals surface area contributed by atoms with Crippen molar-refractivity contribution in [3.8, 4) is 0 Å². The van der Waals surface area contributed by atoms with Crippen LogP contribution < -0.4 is 0 Å². The fourth-order valence-electron chi connectivity index (χ4n) is 0.841. The minimum absolute atomic E-state index is 0.0301. The molecule has 4 heteroatoms. The van der Waals surface area contributed by atoms with Crippen LogP contribution in [0.25, 0.3) is 0 Å². The SMILES string of the molecule is C1=NC=NC1n1ccnc1. The first kappa shape index (κ1) is 5.34. The van der Waals surface area contributed by atoms with E-state index < -0.39 is 0 Å². The maximum absolute atomic E-state index is 4.05. The topological polar surface area (TPSA) is 42.5 Å². The van der Waals surface area contributed by atoms with Crippen LogP contribution in [0.5, 0.6) is 0 Å².